The van der Waals surface area contributed by atoms with Crippen LogP contribution < -0.4 is 0 Å². The van der Waals surface area contributed by atoms with Crippen LogP contribution in [0.25, 0.3) is 11.4 Å². The van der Waals surface area contributed by atoms with Crippen LogP contribution in [0.1, 0.15) is 29.9 Å². The lowest BCUT2D eigenvalue weighted by Gasteiger charge is -2.16. The van der Waals surface area contributed by atoms with Gasteiger partial charge in [0.25, 0.3) is 0 Å². The summed E-state index contributed by atoms with van der Waals surface area (Å²) in [7, 11) is 0. The molecule has 0 bridgehead atoms. The highest BCUT2D eigenvalue weighted by atomic mass is 35.5. The van der Waals surface area contributed by atoms with Crippen molar-refractivity contribution >= 4 is 23.2 Å². The summed E-state index contributed by atoms with van der Waals surface area (Å²) in [5.74, 6) is 0.317. The highest BCUT2D eigenvalue weighted by Crippen LogP contribution is 2.42. The number of hydrogen-bond acceptors (Lipinski definition) is 4. The normalized spacial score (nSPS) is 20.1. The monoisotopic (exact) mass is 378 g/mol. The highest BCUT2D eigenvalue weighted by molar-refractivity contribution is 6.31. The van der Waals surface area contributed by atoms with Crippen LogP contribution in [-0.4, -0.2) is 16.7 Å². The fourth-order valence-corrected chi connectivity index (χ4v) is 3.30. The predicted molar refractivity (Wildman–Crippen MR) is 92.2 cm³/mol. The lowest BCUT2D eigenvalue weighted by molar-refractivity contribution is 0.0984. The van der Waals surface area contributed by atoms with E-state index in [1.807, 2.05) is 12.1 Å². The molecular formula is C18H13Cl2FN2O2. The third-order valence-corrected chi connectivity index (χ3v) is 4.75. The molecule has 0 spiro atoms. The van der Waals surface area contributed by atoms with Crippen molar-refractivity contribution in [1.29, 1.82) is 0 Å². The summed E-state index contributed by atoms with van der Waals surface area (Å²) in [4.78, 5) is 4.48. The van der Waals surface area contributed by atoms with Gasteiger partial charge < -0.3 is 9.26 Å². The number of nitrogens with zero attached hydrogens (tertiary/aromatic N) is 2. The Kier molecular flexibility index (Phi) is 4.46. The van der Waals surface area contributed by atoms with E-state index in [1.54, 1.807) is 18.2 Å². The summed E-state index contributed by atoms with van der Waals surface area (Å²) < 4.78 is 25.0. The summed E-state index contributed by atoms with van der Waals surface area (Å²) in [6.45, 7) is 0.536. The first-order valence-electron chi connectivity index (χ1n) is 7.78. The van der Waals surface area contributed by atoms with Gasteiger partial charge in [0.2, 0.25) is 11.7 Å². The number of rotatable bonds is 3. The minimum Gasteiger partial charge on any atom is -0.373 e. The Morgan fingerprint density at radius 2 is 2.00 bits per heavy atom. The van der Waals surface area contributed by atoms with Gasteiger partial charge in [0.1, 0.15) is 5.82 Å². The van der Waals surface area contributed by atoms with Gasteiger partial charge in [-0.1, -0.05) is 46.6 Å². The molecule has 2 heterocycles. The molecule has 1 saturated heterocycles. The molecule has 3 aromatic rings. The average molecular weight is 379 g/mol. The summed E-state index contributed by atoms with van der Waals surface area (Å²) in [6.07, 6.45) is 0.367. The molecule has 1 aliphatic rings. The van der Waals surface area contributed by atoms with E-state index in [-0.39, 0.29) is 17.0 Å². The number of aromatic nitrogens is 2. The fourth-order valence-electron chi connectivity index (χ4n) is 2.99. The standard InChI is InChI=1S/C18H13Cl2FN2O2/c19-12-3-1-2-11(8-12)17-22-18(25-23-17)13-6-7-24-16(13)10-4-5-14(20)15(21)9-10/h1-5,8-9,13,16H,6-7H2/t13-,16+/m1/s1. The Balaban J connectivity index is 1.63. The van der Waals surface area contributed by atoms with Crippen LogP contribution in [0.4, 0.5) is 4.39 Å². The molecule has 0 saturated carbocycles. The zero-order chi connectivity index (χ0) is 17.4. The van der Waals surface area contributed by atoms with Crippen molar-refractivity contribution in [2.45, 2.75) is 18.4 Å². The zero-order valence-corrected chi connectivity index (χ0v) is 14.5. The van der Waals surface area contributed by atoms with Crippen molar-refractivity contribution in [3.8, 4) is 11.4 Å². The van der Waals surface area contributed by atoms with Gasteiger partial charge in [-0.15, -0.1) is 0 Å². The molecule has 2 atom stereocenters. The van der Waals surface area contributed by atoms with Gasteiger partial charge in [-0.3, -0.25) is 0 Å². The molecule has 0 radical (unpaired) electrons. The number of ether oxygens (including phenoxy) is 1. The fraction of sp³-hybridized carbons (Fsp3) is 0.222. The van der Waals surface area contributed by atoms with Crippen LogP contribution >= 0.6 is 23.2 Å². The van der Waals surface area contributed by atoms with E-state index in [0.29, 0.717) is 35.3 Å². The third kappa shape index (κ3) is 3.27. The van der Waals surface area contributed by atoms with E-state index < -0.39 is 5.82 Å². The van der Waals surface area contributed by atoms with Crippen molar-refractivity contribution in [1.82, 2.24) is 10.1 Å². The lowest BCUT2D eigenvalue weighted by atomic mass is 9.95. The first kappa shape index (κ1) is 16.5. The summed E-state index contributed by atoms with van der Waals surface area (Å²) >= 11 is 11.8. The lowest BCUT2D eigenvalue weighted by Crippen LogP contribution is -2.07. The van der Waals surface area contributed by atoms with E-state index in [0.717, 1.165) is 5.56 Å². The van der Waals surface area contributed by atoms with Gasteiger partial charge in [0.05, 0.1) is 17.0 Å². The minimum atomic E-state index is -0.474. The smallest absolute Gasteiger partial charge is 0.233 e. The SMILES string of the molecule is Fc1cc([C@@H]2OCC[C@H]2c2nc(-c3cccc(Cl)c3)no2)ccc1Cl. The van der Waals surface area contributed by atoms with Crippen LogP contribution in [0, 0.1) is 5.82 Å². The zero-order valence-electron chi connectivity index (χ0n) is 13.0. The van der Waals surface area contributed by atoms with Crippen molar-refractivity contribution in [2.75, 3.05) is 6.61 Å². The Bertz CT molecular complexity index is 916. The Morgan fingerprint density at radius 3 is 2.80 bits per heavy atom. The summed E-state index contributed by atoms with van der Waals surface area (Å²) in [6, 6.07) is 11.9. The molecule has 0 amide bonds. The molecule has 1 fully saturated rings. The van der Waals surface area contributed by atoms with Crippen LogP contribution in [0.5, 0.6) is 0 Å². The minimum absolute atomic E-state index is 0.0827. The summed E-state index contributed by atoms with van der Waals surface area (Å²) in [5.41, 5.74) is 1.47. The second-order valence-corrected chi connectivity index (χ2v) is 6.67. The van der Waals surface area contributed by atoms with Gasteiger partial charge in [-0.05, 0) is 36.2 Å². The highest BCUT2D eigenvalue weighted by Gasteiger charge is 2.35. The molecule has 128 valence electrons. The molecule has 4 nitrogen and oxygen atoms in total. The Morgan fingerprint density at radius 1 is 1.12 bits per heavy atom. The first-order valence-corrected chi connectivity index (χ1v) is 8.53. The molecule has 0 aliphatic carbocycles. The maximum absolute atomic E-state index is 13.8. The Labute approximate surface area is 153 Å². The number of halogens is 3. The van der Waals surface area contributed by atoms with Crippen LogP contribution in [0.15, 0.2) is 47.0 Å². The topological polar surface area (TPSA) is 48.2 Å². The van der Waals surface area contributed by atoms with Gasteiger partial charge in [-0.2, -0.15) is 4.98 Å². The van der Waals surface area contributed by atoms with Crippen LogP contribution in [0.3, 0.4) is 0 Å². The Hall–Kier alpha value is -1.95. The van der Waals surface area contributed by atoms with Gasteiger partial charge in [0.15, 0.2) is 0 Å². The predicted octanol–water partition coefficient (Wildman–Crippen LogP) is 5.43. The van der Waals surface area contributed by atoms with E-state index >= 15 is 0 Å². The van der Waals surface area contributed by atoms with Crippen molar-refractivity contribution < 1.29 is 13.7 Å². The molecule has 1 aromatic heterocycles. The van der Waals surface area contributed by atoms with E-state index in [1.165, 1.54) is 12.1 Å². The van der Waals surface area contributed by atoms with E-state index in [4.69, 9.17) is 32.5 Å². The molecule has 2 aromatic carbocycles. The third-order valence-electron chi connectivity index (χ3n) is 4.21. The second kappa shape index (κ2) is 6.75. The molecule has 7 heteroatoms. The maximum Gasteiger partial charge on any atom is 0.233 e. The molecule has 0 N–H and O–H groups in total. The molecular weight excluding hydrogens is 366 g/mol. The van der Waals surface area contributed by atoms with Crippen molar-refractivity contribution in [3.05, 3.63) is 69.8 Å². The molecule has 25 heavy (non-hydrogen) atoms. The number of benzene rings is 2. The molecule has 1 aliphatic heterocycles. The van der Waals surface area contributed by atoms with Crippen molar-refractivity contribution in [3.63, 3.8) is 0 Å². The quantitative estimate of drug-likeness (QED) is 0.609. The summed E-state index contributed by atoms with van der Waals surface area (Å²) in [5, 5.41) is 4.72. The average Bonchev–Trinajstić information content (AvgIpc) is 3.26. The first-order chi connectivity index (χ1) is 12.1. The van der Waals surface area contributed by atoms with E-state index in [9.17, 15) is 4.39 Å². The van der Waals surface area contributed by atoms with Gasteiger partial charge in [-0.25, -0.2) is 4.39 Å². The largest absolute Gasteiger partial charge is 0.373 e. The van der Waals surface area contributed by atoms with Crippen LogP contribution in [-0.2, 0) is 4.74 Å². The second-order valence-electron chi connectivity index (χ2n) is 5.83. The van der Waals surface area contributed by atoms with E-state index in [2.05, 4.69) is 10.1 Å². The van der Waals surface area contributed by atoms with Crippen molar-refractivity contribution in [2.24, 2.45) is 0 Å². The van der Waals surface area contributed by atoms with Gasteiger partial charge >= 0.3 is 0 Å². The number of hydrogen-bond donors (Lipinski definition) is 0. The molecule has 4 rings (SSSR count). The van der Waals surface area contributed by atoms with Gasteiger partial charge in [0, 0.05) is 17.2 Å². The maximum atomic E-state index is 13.8. The molecule has 0 unspecified atom stereocenters. The van der Waals surface area contributed by atoms with Crippen LogP contribution in [0.2, 0.25) is 10.0 Å².